The molecule has 0 aromatic heterocycles. The smallest absolute Gasteiger partial charge is 0.327 e. The summed E-state index contributed by atoms with van der Waals surface area (Å²) in [5.41, 5.74) is 10.7. The van der Waals surface area contributed by atoms with Crippen LogP contribution in [0.3, 0.4) is 0 Å². The number of carboxylic acids is 1. The van der Waals surface area contributed by atoms with Crippen LogP contribution in [0.5, 0.6) is 0 Å². The molecule has 0 rings (SSSR count). The van der Waals surface area contributed by atoms with E-state index in [2.05, 4.69) is 23.3 Å². The van der Waals surface area contributed by atoms with Gasteiger partial charge in [-0.2, -0.15) is 24.4 Å². The van der Waals surface area contributed by atoms with Crippen LogP contribution in [-0.2, 0) is 19.2 Å². The summed E-state index contributed by atoms with van der Waals surface area (Å²) in [6.07, 6.45) is 1.79. The first-order chi connectivity index (χ1) is 10.7. The number of nitrogens with one attached hydrogen (secondary N) is 2. The second-order valence-corrected chi connectivity index (χ2v) is 6.05. The third-order valence-electron chi connectivity index (χ3n) is 2.81. The Hall–Kier alpha value is -1.46. The van der Waals surface area contributed by atoms with E-state index in [1.54, 1.807) is 0 Å². The molecule has 23 heavy (non-hydrogen) atoms. The van der Waals surface area contributed by atoms with Gasteiger partial charge in [0.05, 0.1) is 12.5 Å². The monoisotopic (exact) mass is 366 g/mol. The second-order valence-electron chi connectivity index (χ2n) is 4.70. The van der Waals surface area contributed by atoms with Crippen LogP contribution < -0.4 is 22.1 Å². The normalized spacial score (nSPS) is 14.4. The van der Waals surface area contributed by atoms with E-state index in [0.717, 1.165) is 0 Å². The highest BCUT2D eigenvalue weighted by Crippen LogP contribution is 2.01. The molecule has 0 aliphatic carbocycles. The number of nitrogens with two attached hydrogens (primary N) is 2. The van der Waals surface area contributed by atoms with Crippen molar-refractivity contribution >= 4 is 48.1 Å². The second kappa shape index (κ2) is 11.1. The van der Waals surface area contributed by atoms with Gasteiger partial charge < -0.3 is 27.2 Å². The molecular formula is C12H22N4O5S2. The highest BCUT2D eigenvalue weighted by molar-refractivity contribution is 7.98. The fraction of sp³-hybridized carbons (Fsp3) is 0.667. The molecule has 9 nitrogen and oxygen atoms in total. The van der Waals surface area contributed by atoms with Crippen molar-refractivity contribution in [1.29, 1.82) is 0 Å². The molecule has 0 saturated carbocycles. The van der Waals surface area contributed by atoms with Crippen LogP contribution >= 0.6 is 24.4 Å². The molecular weight excluding hydrogens is 344 g/mol. The summed E-state index contributed by atoms with van der Waals surface area (Å²) in [4.78, 5) is 45.9. The standard InChI is InChI=1S/C12H22N4O5S2/c1-23-3-2-6(13)10(18)15-7(4-9(14)17)11(19)16-8(5-22)12(20)21/h6-8,22H,2-5,13H2,1H3,(H2,14,17)(H,15,18)(H,16,19)(H,20,21). The predicted octanol–water partition coefficient (Wildman–Crippen LogP) is -2.07. The number of hydrogen-bond donors (Lipinski definition) is 6. The van der Waals surface area contributed by atoms with Gasteiger partial charge >= 0.3 is 5.97 Å². The van der Waals surface area contributed by atoms with Crippen molar-refractivity contribution in [3.63, 3.8) is 0 Å². The molecule has 3 amide bonds. The molecule has 0 bridgehead atoms. The zero-order valence-electron chi connectivity index (χ0n) is 12.7. The summed E-state index contributed by atoms with van der Waals surface area (Å²) >= 11 is 5.32. The molecule has 132 valence electrons. The van der Waals surface area contributed by atoms with Crippen molar-refractivity contribution in [1.82, 2.24) is 10.6 Å². The maximum Gasteiger partial charge on any atom is 0.327 e. The first-order valence-corrected chi connectivity index (χ1v) is 8.72. The minimum Gasteiger partial charge on any atom is -0.480 e. The average molecular weight is 366 g/mol. The maximum atomic E-state index is 12.0. The number of carboxylic acid groups (broad SMARTS) is 1. The number of carbonyl (C=O) groups excluding carboxylic acids is 3. The minimum absolute atomic E-state index is 0.147. The van der Waals surface area contributed by atoms with E-state index in [9.17, 15) is 19.2 Å². The van der Waals surface area contributed by atoms with Gasteiger partial charge in [0.1, 0.15) is 12.1 Å². The number of amides is 3. The fourth-order valence-electron chi connectivity index (χ4n) is 1.52. The minimum atomic E-state index is -1.29. The van der Waals surface area contributed by atoms with Gasteiger partial charge in [-0.25, -0.2) is 4.79 Å². The summed E-state index contributed by atoms with van der Waals surface area (Å²) in [7, 11) is 0. The van der Waals surface area contributed by atoms with Crippen LogP contribution in [0.1, 0.15) is 12.8 Å². The van der Waals surface area contributed by atoms with E-state index < -0.39 is 48.2 Å². The molecule has 0 fully saturated rings. The van der Waals surface area contributed by atoms with Crippen molar-refractivity contribution in [3.05, 3.63) is 0 Å². The van der Waals surface area contributed by atoms with E-state index in [1.165, 1.54) is 11.8 Å². The summed E-state index contributed by atoms with van der Waals surface area (Å²) in [5, 5.41) is 13.4. The zero-order chi connectivity index (χ0) is 18.0. The summed E-state index contributed by atoms with van der Waals surface area (Å²) in [6.45, 7) is 0. The molecule has 3 atom stereocenters. The Morgan fingerprint density at radius 3 is 2.17 bits per heavy atom. The van der Waals surface area contributed by atoms with Crippen molar-refractivity contribution in [2.24, 2.45) is 11.5 Å². The van der Waals surface area contributed by atoms with Crippen molar-refractivity contribution in [2.75, 3.05) is 17.8 Å². The molecule has 0 radical (unpaired) electrons. The Labute approximate surface area is 143 Å². The zero-order valence-corrected chi connectivity index (χ0v) is 14.4. The maximum absolute atomic E-state index is 12.0. The lowest BCUT2D eigenvalue weighted by molar-refractivity contribution is -0.141. The molecule has 0 aliphatic heterocycles. The first-order valence-electron chi connectivity index (χ1n) is 6.70. The van der Waals surface area contributed by atoms with E-state index >= 15 is 0 Å². The highest BCUT2D eigenvalue weighted by atomic mass is 32.2. The molecule has 0 saturated heterocycles. The summed E-state index contributed by atoms with van der Waals surface area (Å²) < 4.78 is 0. The highest BCUT2D eigenvalue weighted by Gasteiger charge is 2.28. The Bertz CT molecular complexity index is 449. The molecule has 11 heteroatoms. The van der Waals surface area contributed by atoms with Gasteiger partial charge in [-0.3, -0.25) is 14.4 Å². The van der Waals surface area contributed by atoms with Crippen molar-refractivity contribution in [2.45, 2.75) is 31.0 Å². The number of thioether (sulfide) groups is 1. The Morgan fingerprint density at radius 1 is 1.17 bits per heavy atom. The van der Waals surface area contributed by atoms with E-state index in [1.807, 2.05) is 6.26 Å². The average Bonchev–Trinajstić information content (AvgIpc) is 2.48. The van der Waals surface area contributed by atoms with Crippen molar-refractivity contribution in [3.8, 4) is 0 Å². The Balaban J connectivity index is 4.86. The lowest BCUT2D eigenvalue weighted by Crippen LogP contribution is -2.55. The quantitative estimate of drug-likeness (QED) is 0.228. The third kappa shape index (κ3) is 8.67. The summed E-state index contributed by atoms with van der Waals surface area (Å²) in [6, 6.07) is -3.38. The van der Waals surface area contributed by atoms with E-state index in [4.69, 9.17) is 16.6 Å². The fourth-order valence-corrected chi connectivity index (χ4v) is 2.26. The van der Waals surface area contributed by atoms with Crippen LogP contribution in [0.15, 0.2) is 0 Å². The van der Waals surface area contributed by atoms with Crippen LogP contribution in [0.25, 0.3) is 0 Å². The number of aliphatic carboxylic acids is 1. The van der Waals surface area contributed by atoms with Gasteiger partial charge in [-0.05, 0) is 18.4 Å². The molecule has 3 unspecified atom stereocenters. The largest absolute Gasteiger partial charge is 0.480 e. The summed E-state index contributed by atoms with van der Waals surface area (Å²) in [5.74, 6) is -3.04. The third-order valence-corrected chi connectivity index (χ3v) is 3.81. The molecule has 0 heterocycles. The number of hydrogen-bond acceptors (Lipinski definition) is 7. The molecule has 0 spiro atoms. The van der Waals surface area contributed by atoms with Crippen LogP contribution in [0.2, 0.25) is 0 Å². The first kappa shape index (κ1) is 21.5. The van der Waals surface area contributed by atoms with Crippen LogP contribution in [0.4, 0.5) is 0 Å². The van der Waals surface area contributed by atoms with Gasteiger partial charge in [-0.1, -0.05) is 0 Å². The topological polar surface area (TPSA) is 165 Å². The predicted molar refractivity (Wildman–Crippen MR) is 90.1 cm³/mol. The van der Waals surface area contributed by atoms with Gasteiger partial charge in [0.2, 0.25) is 17.7 Å². The Kier molecular flexibility index (Phi) is 10.4. The molecule has 0 aromatic rings. The Morgan fingerprint density at radius 2 is 1.74 bits per heavy atom. The lowest BCUT2D eigenvalue weighted by Gasteiger charge is -2.21. The molecule has 0 aromatic carbocycles. The molecule has 0 aliphatic rings. The number of carbonyl (C=O) groups is 4. The molecule has 7 N–H and O–H groups in total. The van der Waals surface area contributed by atoms with Crippen LogP contribution in [-0.4, -0.2) is 64.7 Å². The lowest BCUT2D eigenvalue weighted by atomic mass is 10.1. The van der Waals surface area contributed by atoms with E-state index in [-0.39, 0.29) is 5.75 Å². The number of primary amides is 1. The van der Waals surface area contributed by atoms with Gasteiger partial charge in [0, 0.05) is 5.75 Å². The number of thiol groups is 1. The van der Waals surface area contributed by atoms with E-state index in [0.29, 0.717) is 12.2 Å². The van der Waals surface area contributed by atoms with Gasteiger partial charge in [0.15, 0.2) is 0 Å². The van der Waals surface area contributed by atoms with Gasteiger partial charge in [-0.15, -0.1) is 0 Å². The van der Waals surface area contributed by atoms with Gasteiger partial charge in [0.25, 0.3) is 0 Å². The number of rotatable bonds is 11. The van der Waals surface area contributed by atoms with Crippen molar-refractivity contribution < 1.29 is 24.3 Å². The SMILES string of the molecule is CSCCC(N)C(=O)NC(CC(N)=O)C(=O)NC(CS)C(=O)O. The van der Waals surface area contributed by atoms with Crippen LogP contribution in [0, 0.1) is 0 Å².